The highest BCUT2D eigenvalue weighted by atomic mass is 16.4. The summed E-state index contributed by atoms with van der Waals surface area (Å²) in [6, 6.07) is 0. The van der Waals surface area contributed by atoms with E-state index < -0.39 is 11.9 Å². The van der Waals surface area contributed by atoms with Crippen LogP contribution in [-0.4, -0.2) is 17.0 Å². The maximum atomic E-state index is 10.7. The zero-order chi connectivity index (χ0) is 8.72. The summed E-state index contributed by atoms with van der Waals surface area (Å²) in [6.45, 7) is 0. The minimum atomic E-state index is -0.898. The Balaban J connectivity index is 2.42. The molecule has 2 aliphatic rings. The number of hydrogen-bond acceptors (Lipinski definition) is 2. The van der Waals surface area contributed by atoms with Gasteiger partial charge in [0.15, 0.2) is 0 Å². The second kappa shape index (κ2) is 2.32. The minimum Gasteiger partial charge on any atom is -0.481 e. The van der Waals surface area contributed by atoms with Gasteiger partial charge >= 0.3 is 5.97 Å². The Morgan fingerprint density at radius 2 is 2.33 bits per heavy atom. The lowest BCUT2D eigenvalue weighted by atomic mass is 9.90. The maximum Gasteiger partial charge on any atom is 0.312 e. The van der Waals surface area contributed by atoms with Crippen LogP contribution in [0.5, 0.6) is 0 Å². The highest BCUT2D eigenvalue weighted by Crippen LogP contribution is 2.46. The molecule has 0 heterocycles. The first kappa shape index (κ1) is 7.32. The lowest BCUT2D eigenvalue weighted by Crippen LogP contribution is -2.20. The molecule has 3 atom stereocenters. The fourth-order valence-corrected chi connectivity index (χ4v) is 2.12. The Morgan fingerprint density at radius 3 is 2.83 bits per heavy atom. The number of carboxylic acid groups (broad SMARTS) is 1. The topological polar surface area (TPSA) is 54.4 Å². The van der Waals surface area contributed by atoms with Crippen LogP contribution in [0, 0.1) is 17.8 Å². The molecule has 1 N–H and O–H groups in total. The molecule has 0 amide bonds. The SMILES string of the molecule is O=C=C1C2C=CC(C2)C1C(=O)O. The van der Waals surface area contributed by atoms with Crippen molar-refractivity contribution in [1.29, 1.82) is 0 Å². The zero-order valence-electron chi connectivity index (χ0n) is 6.36. The van der Waals surface area contributed by atoms with E-state index in [2.05, 4.69) is 0 Å². The first-order valence-electron chi connectivity index (χ1n) is 3.90. The summed E-state index contributed by atoms with van der Waals surface area (Å²) in [4.78, 5) is 21.2. The average molecular weight is 164 g/mol. The van der Waals surface area contributed by atoms with Crippen LogP contribution in [0.4, 0.5) is 0 Å². The number of rotatable bonds is 1. The third-order valence-electron chi connectivity index (χ3n) is 2.66. The van der Waals surface area contributed by atoms with E-state index in [1.165, 1.54) is 0 Å². The van der Waals surface area contributed by atoms with E-state index in [1.54, 1.807) is 5.94 Å². The number of allylic oxidation sites excluding steroid dienone is 2. The third-order valence-corrected chi connectivity index (χ3v) is 2.66. The van der Waals surface area contributed by atoms with E-state index in [4.69, 9.17) is 5.11 Å². The van der Waals surface area contributed by atoms with Gasteiger partial charge in [-0.25, -0.2) is 4.79 Å². The molecule has 3 heteroatoms. The van der Waals surface area contributed by atoms with Gasteiger partial charge in [-0.2, -0.15) is 0 Å². The zero-order valence-corrected chi connectivity index (χ0v) is 6.36. The smallest absolute Gasteiger partial charge is 0.312 e. The highest BCUT2D eigenvalue weighted by molar-refractivity contribution is 5.80. The van der Waals surface area contributed by atoms with E-state index >= 15 is 0 Å². The Morgan fingerprint density at radius 1 is 1.58 bits per heavy atom. The first-order chi connectivity index (χ1) is 5.74. The van der Waals surface area contributed by atoms with Crippen LogP contribution in [0.1, 0.15) is 6.42 Å². The summed E-state index contributed by atoms with van der Waals surface area (Å²) in [5, 5.41) is 8.80. The quantitative estimate of drug-likeness (QED) is 0.457. The van der Waals surface area contributed by atoms with Gasteiger partial charge in [0.2, 0.25) is 0 Å². The first-order valence-corrected chi connectivity index (χ1v) is 3.90. The van der Waals surface area contributed by atoms with Gasteiger partial charge < -0.3 is 5.11 Å². The van der Waals surface area contributed by atoms with Crippen molar-refractivity contribution >= 4 is 11.9 Å². The molecule has 1 fully saturated rings. The Bertz CT molecular complexity index is 310. The Hall–Kier alpha value is -1.34. The molecule has 0 aromatic heterocycles. The van der Waals surface area contributed by atoms with Crippen LogP contribution in [0.2, 0.25) is 0 Å². The summed E-state index contributed by atoms with van der Waals surface area (Å²) in [5.41, 5.74) is 0.426. The van der Waals surface area contributed by atoms with Gasteiger partial charge in [-0.1, -0.05) is 12.2 Å². The van der Waals surface area contributed by atoms with E-state index in [9.17, 15) is 9.59 Å². The molecule has 2 rings (SSSR count). The minimum absolute atomic E-state index is 0.0314. The van der Waals surface area contributed by atoms with Gasteiger partial charge in [0.05, 0.1) is 5.92 Å². The van der Waals surface area contributed by atoms with Crippen LogP contribution in [0.3, 0.4) is 0 Å². The predicted octanol–water partition coefficient (Wildman–Crippen LogP) is 0.651. The molecule has 3 nitrogen and oxygen atoms in total. The molecule has 12 heavy (non-hydrogen) atoms. The summed E-state index contributed by atoms with van der Waals surface area (Å²) in [6.07, 6.45) is 4.58. The molecule has 0 saturated heterocycles. The molecule has 62 valence electrons. The van der Waals surface area contributed by atoms with Gasteiger partial charge in [-0.3, -0.25) is 4.79 Å². The molecule has 1 saturated carbocycles. The maximum absolute atomic E-state index is 10.7. The summed E-state index contributed by atoms with van der Waals surface area (Å²) in [7, 11) is 0. The van der Waals surface area contributed by atoms with Crippen molar-refractivity contribution in [3.8, 4) is 0 Å². The summed E-state index contributed by atoms with van der Waals surface area (Å²) in [5.74, 6) is 0.345. The standard InChI is InChI=1S/C9H8O3/c10-4-7-5-1-2-6(3-5)8(7)9(11)12/h1-2,5-6,8H,3H2,(H,11,12). The van der Waals surface area contributed by atoms with Crippen LogP contribution < -0.4 is 0 Å². The molecular weight excluding hydrogens is 156 g/mol. The van der Waals surface area contributed by atoms with Crippen molar-refractivity contribution in [1.82, 2.24) is 0 Å². The number of fused-ring (bicyclic) bond motifs is 2. The molecule has 3 unspecified atom stereocenters. The summed E-state index contributed by atoms with van der Waals surface area (Å²) >= 11 is 0. The fourth-order valence-electron chi connectivity index (χ4n) is 2.12. The Kier molecular flexibility index (Phi) is 1.42. The van der Waals surface area contributed by atoms with Crippen molar-refractivity contribution in [3.05, 3.63) is 17.7 Å². The highest BCUT2D eigenvalue weighted by Gasteiger charge is 2.45. The largest absolute Gasteiger partial charge is 0.481 e. The second-order valence-electron chi connectivity index (χ2n) is 3.26. The van der Waals surface area contributed by atoms with E-state index in [0.717, 1.165) is 6.42 Å². The van der Waals surface area contributed by atoms with E-state index in [0.29, 0.717) is 5.57 Å². The van der Waals surface area contributed by atoms with E-state index in [1.807, 2.05) is 12.2 Å². The second-order valence-corrected chi connectivity index (χ2v) is 3.26. The number of hydrogen-bond donors (Lipinski definition) is 1. The van der Waals surface area contributed by atoms with Gasteiger partial charge in [-0.15, -0.1) is 0 Å². The average Bonchev–Trinajstić information content (AvgIpc) is 2.60. The predicted molar refractivity (Wildman–Crippen MR) is 41.1 cm³/mol. The van der Waals surface area contributed by atoms with Crippen LogP contribution in [-0.2, 0) is 9.59 Å². The molecular formula is C9H8O3. The van der Waals surface area contributed by atoms with Crippen LogP contribution in [0.15, 0.2) is 17.7 Å². The lowest BCUT2D eigenvalue weighted by molar-refractivity contribution is -0.141. The van der Waals surface area contributed by atoms with E-state index in [-0.39, 0.29) is 11.8 Å². The number of carbonyl (C=O) groups excluding carboxylic acids is 1. The van der Waals surface area contributed by atoms with Gasteiger partial charge in [-0.05, 0) is 12.3 Å². The van der Waals surface area contributed by atoms with Crippen LogP contribution >= 0.6 is 0 Å². The normalized spacial score (nSPS) is 37.0. The van der Waals surface area contributed by atoms with Crippen molar-refractivity contribution in [2.45, 2.75) is 6.42 Å². The van der Waals surface area contributed by atoms with Gasteiger partial charge in [0, 0.05) is 11.5 Å². The molecule has 2 bridgehead atoms. The number of aliphatic carboxylic acids is 1. The Labute approximate surface area is 69.4 Å². The summed E-state index contributed by atoms with van der Waals surface area (Å²) < 4.78 is 0. The molecule has 0 radical (unpaired) electrons. The number of carboxylic acids is 1. The fraction of sp³-hybridized carbons (Fsp3) is 0.444. The lowest BCUT2D eigenvalue weighted by Gasteiger charge is -2.12. The van der Waals surface area contributed by atoms with Gasteiger partial charge in [0.25, 0.3) is 0 Å². The molecule has 0 aromatic carbocycles. The molecule has 0 aliphatic heterocycles. The van der Waals surface area contributed by atoms with Crippen molar-refractivity contribution < 1.29 is 14.7 Å². The van der Waals surface area contributed by atoms with Crippen molar-refractivity contribution in [2.24, 2.45) is 17.8 Å². The monoisotopic (exact) mass is 164 g/mol. The third kappa shape index (κ3) is 0.772. The van der Waals surface area contributed by atoms with Crippen molar-refractivity contribution in [2.75, 3.05) is 0 Å². The van der Waals surface area contributed by atoms with Gasteiger partial charge in [0.1, 0.15) is 5.94 Å². The molecule has 0 aromatic rings. The molecule has 2 aliphatic carbocycles. The number of carbonyl (C=O) groups is 1. The van der Waals surface area contributed by atoms with Crippen molar-refractivity contribution in [3.63, 3.8) is 0 Å². The molecule has 0 spiro atoms. The van der Waals surface area contributed by atoms with Crippen LogP contribution in [0.25, 0.3) is 0 Å².